The number of carbonyl (C=O) groups is 1. The van der Waals surface area contributed by atoms with Gasteiger partial charge < -0.3 is 4.74 Å². The molecule has 0 N–H and O–H groups in total. The first-order chi connectivity index (χ1) is 13.6. The van der Waals surface area contributed by atoms with Gasteiger partial charge in [-0.1, -0.05) is 6.08 Å². The van der Waals surface area contributed by atoms with Crippen molar-refractivity contribution in [3.05, 3.63) is 46.9 Å². The maximum atomic E-state index is 12.6. The second-order valence-corrected chi connectivity index (χ2v) is 6.93. The molecule has 1 unspecified atom stereocenters. The van der Waals surface area contributed by atoms with Gasteiger partial charge in [0, 0.05) is 36.1 Å². The Morgan fingerprint density at radius 1 is 1.18 bits per heavy atom. The molecule has 28 heavy (non-hydrogen) atoms. The van der Waals surface area contributed by atoms with Gasteiger partial charge in [0.25, 0.3) is 5.91 Å². The van der Waals surface area contributed by atoms with Crippen LogP contribution in [-0.2, 0) is 11.8 Å². The molecule has 1 saturated carbocycles. The molecular formula is C19H17N7O2. The van der Waals surface area contributed by atoms with Gasteiger partial charge in [-0.25, -0.2) is 19.9 Å². The standard InChI is InChI=1S/C19H17N7O2/c1-26-8-12(7-23-26)13-5-11-6-20-17(24-16(11)25-18(13)27)14-15(10-3-4-10)21-9-22-19(14)28-2/h5-10,13H,3-4H2,1-2H3. The van der Waals surface area contributed by atoms with Gasteiger partial charge in [-0.2, -0.15) is 10.1 Å². The molecule has 3 aromatic rings. The molecule has 140 valence electrons. The fraction of sp³-hybridized carbons (Fsp3) is 0.316. The maximum Gasteiger partial charge on any atom is 0.259 e. The summed E-state index contributed by atoms with van der Waals surface area (Å²) in [6, 6.07) is 0. The summed E-state index contributed by atoms with van der Waals surface area (Å²) in [6.45, 7) is 0. The van der Waals surface area contributed by atoms with E-state index in [9.17, 15) is 4.79 Å². The number of aryl methyl sites for hydroxylation is 1. The number of aromatic nitrogens is 6. The highest BCUT2D eigenvalue weighted by Gasteiger charge is 2.31. The molecular weight excluding hydrogens is 358 g/mol. The number of fused-ring (bicyclic) bond motifs is 1. The van der Waals surface area contributed by atoms with Crippen molar-refractivity contribution in [1.82, 2.24) is 29.7 Å². The SMILES string of the molecule is COc1ncnc(C2CC2)c1-c1ncc2c(n1)=NC(=O)C(c1cnn(C)c1)C=2. The van der Waals surface area contributed by atoms with Crippen LogP contribution in [-0.4, -0.2) is 42.7 Å². The van der Waals surface area contributed by atoms with Crippen molar-refractivity contribution in [2.45, 2.75) is 24.7 Å². The van der Waals surface area contributed by atoms with Crippen LogP contribution in [0, 0.1) is 0 Å². The molecule has 4 heterocycles. The van der Waals surface area contributed by atoms with E-state index in [-0.39, 0.29) is 5.91 Å². The lowest BCUT2D eigenvalue weighted by atomic mass is 9.99. The summed E-state index contributed by atoms with van der Waals surface area (Å²) in [5.41, 5.74) is 2.70. The zero-order valence-corrected chi connectivity index (χ0v) is 15.4. The number of rotatable bonds is 4. The lowest BCUT2D eigenvalue weighted by molar-refractivity contribution is -0.118. The van der Waals surface area contributed by atoms with E-state index >= 15 is 0 Å². The molecule has 1 amide bonds. The minimum Gasteiger partial charge on any atom is -0.480 e. The van der Waals surface area contributed by atoms with Crippen molar-refractivity contribution < 1.29 is 9.53 Å². The third kappa shape index (κ3) is 2.75. The van der Waals surface area contributed by atoms with Crippen molar-refractivity contribution in [2.75, 3.05) is 7.11 Å². The van der Waals surface area contributed by atoms with Gasteiger partial charge in [0.15, 0.2) is 11.3 Å². The van der Waals surface area contributed by atoms with Crippen LogP contribution in [0.4, 0.5) is 0 Å². The van der Waals surface area contributed by atoms with E-state index in [1.165, 1.54) is 6.33 Å². The highest BCUT2D eigenvalue weighted by molar-refractivity contribution is 5.91. The molecule has 0 radical (unpaired) electrons. The zero-order valence-electron chi connectivity index (χ0n) is 15.4. The van der Waals surface area contributed by atoms with Crippen LogP contribution >= 0.6 is 0 Å². The highest BCUT2D eigenvalue weighted by atomic mass is 16.5. The first kappa shape index (κ1) is 16.7. The molecule has 0 saturated heterocycles. The van der Waals surface area contributed by atoms with Crippen molar-refractivity contribution in [1.29, 1.82) is 0 Å². The summed E-state index contributed by atoms with van der Waals surface area (Å²) < 4.78 is 7.07. The molecule has 1 aliphatic carbocycles. The van der Waals surface area contributed by atoms with E-state index in [0.717, 1.165) is 24.1 Å². The van der Waals surface area contributed by atoms with Gasteiger partial charge in [0.1, 0.15) is 11.9 Å². The predicted octanol–water partition coefficient (Wildman–Crippen LogP) is 0.277. The fourth-order valence-electron chi connectivity index (χ4n) is 3.39. The smallest absolute Gasteiger partial charge is 0.259 e. The monoisotopic (exact) mass is 375 g/mol. The van der Waals surface area contributed by atoms with Crippen molar-refractivity contribution in [3.8, 4) is 17.3 Å². The van der Waals surface area contributed by atoms with Crippen LogP contribution in [0.2, 0.25) is 0 Å². The zero-order chi connectivity index (χ0) is 19.3. The third-order valence-electron chi connectivity index (χ3n) is 4.93. The number of amides is 1. The van der Waals surface area contributed by atoms with Crippen LogP contribution in [0.1, 0.15) is 35.9 Å². The second-order valence-electron chi connectivity index (χ2n) is 6.93. The van der Waals surface area contributed by atoms with Gasteiger partial charge in [-0.3, -0.25) is 9.48 Å². The molecule has 9 heteroatoms. The minimum absolute atomic E-state index is 0.274. The van der Waals surface area contributed by atoms with E-state index < -0.39 is 5.92 Å². The van der Waals surface area contributed by atoms with E-state index in [0.29, 0.717) is 33.9 Å². The van der Waals surface area contributed by atoms with Gasteiger partial charge >= 0.3 is 0 Å². The molecule has 1 aliphatic heterocycles. The first-order valence-corrected chi connectivity index (χ1v) is 8.99. The number of nitrogens with zero attached hydrogens (tertiary/aromatic N) is 7. The first-order valence-electron chi connectivity index (χ1n) is 8.99. The summed E-state index contributed by atoms with van der Waals surface area (Å²) >= 11 is 0. The highest BCUT2D eigenvalue weighted by Crippen LogP contribution is 2.44. The Bertz CT molecular complexity index is 1210. The number of ether oxygens (including phenoxy) is 1. The van der Waals surface area contributed by atoms with Crippen LogP contribution in [0.15, 0.2) is 29.9 Å². The molecule has 5 rings (SSSR count). The number of hydrogen-bond acceptors (Lipinski definition) is 7. The summed E-state index contributed by atoms with van der Waals surface area (Å²) in [5, 5.41) is 4.84. The van der Waals surface area contributed by atoms with E-state index in [2.05, 4.69) is 30.0 Å². The summed E-state index contributed by atoms with van der Waals surface area (Å²) in [6.07, 6.45) is 10.6. The number of hydrogen-bond donors (Lipinski definition) is 0. The molecule has 3 aromatic heterocycles. The molecule has 2 aliphatic rings. The summed E-state index contributed by atoms with van der Waals surface area (Å²) in [5.74, 6) is 0.460. The molecule has 0 spiro atoms. The third-order valence-corrected chi connectivity index (χ3v) is 4.93. The van der Waals surface area contributed by atoms with Crippen molar-refractivity contribution >= 4 is 12.0 Å². The summed E-state index contributed by atoms with van der Waals surface area (Å²) in [4.78, 5) is 34.4. The Kier molecular flexibility index (Phi) is 3.75. The Labute approximate surface area is 159 Å². The van der Waals surface area contributed by atoms with Crippen molar-refractivity contribution in [3.63, 3.8) is 0 Å². The fourth-order valence-corrected chi connectivity index (χ4v) is 3.39. The Morgan fingerprint density at radius 2 is 2.04 bits per heavy atom. The van der Waals surface area contributed by atoms with Gasteiger partial charge in [-0.15, -0.1) is 0 Å². The van der Waals surface area contributed by atoms with E-state index in [4.69, 9.17) is 4.74 Å². The Morgan fingerprint density at radius 3 is 2.75 bits per heavy atom. The molecule has 9 nitrogen and oxygen atoms in total. The molecule has 1 fully saturated rings. The topological polar surface area (TPSA) is 108 Å². The number of carbonyl (C=O) groups excluding carboxylic acids is 1. The normalized spacial score (nSPS) is 18.2. The predicted molar refractivity (Wildman–Crippen MR) is 97.8 cm³/mol. The lowest BCUT2D eigenvalue weighted by Gasteiger charge is -2.12. The van der Waals surface area contributed by atoms with E-state index in [1.807, 2.05) is 19.3 Å². The molecule has 0 bridgehead atoms. The Hall–Kier alpha value is -3.49. The van der Waals surface area contributed by atoms with Gasteiger partial charge in [0.05, 0.1) is 24.9 Å². The Balaban J connectivity index is 1.63. The average Bonchev–Trinajstić information content (AvgIpc) is 3.47. The minimum atomic E-state index is -0.479. The quantitative estimate of drug-likeness (QED) is 0.644. The largest absolute Gasteiger partial charge is 0.480 e. The van der Waals surface area contributed by atoms with Crippen LogP contribution in [0.5, 0.6) is 5.88 Å². The van der Waals surface area contributed by atoms with Gasteiger partial charge in [0.2, 0.25) is 5.88 Å². The van der Waals surface area contributed by atoms with Crippen molar-refractivity contribution in [2.24, 2.45) is 12.0 Å². The number of methoxy groups -OCH3 is 1. The van der Waals surface area contributed by atoms with E-state index in [1.54, 1.807) is 24.2 Å². The van der Waals surface area contributed by atoms with Crippen LogP contribution < -0.4 is 15.4 Å². The maximum absolute atomic E-state index is 12.6. The second kappa shape index (κ2) is 6.29. The molecule has 1 atom stereocenters. The van der Waals surface area contributed by atoms with Crippen LogP contribution in [0.25, 0.3) is 17.5 Å². The summed E-state index contributed by atoms with van der Waals surface area (Å²) in [7, 11) is 3.37. The van der Waals surface area contributed by atoms with Crippen LogP contribution in [0.3, 0.4) is 0 Å². The van der Waals surface area contributed by atoms with Gasteiger partial charge in [-0.05, 0) is 12.8 Å². The molecule has 0 aromatic carbocycles. The average molecular weight is 375 g/mol. The lowest BCUT2D eigenvalue weighted by Crippen LogP contribution is -2.36.